The van der Waals surface area contributed by atoms with Crippen LogP contribution in [-0.4, -0.2) is 21.3 Å². The molecule has 148 valence electrons. The zero-order valence-electron chi connectivity index (χ0n) is 15.5. The number of ether oxygens (including phenoxy) is 3. The first-order valence-corrected chi connectivity index (χ1v) is 8.03. The number of benzene rings is 2. The van der Waals surface area contributed by atoms with Crippen LogP contribution in [0.4, 0.5) is 20.3 Å². The summed E-state index contributed by atoms with van der Waals surface area (Å²) in [5.74, 6) is -1.63. The van der Waals surface area contributed by atoms with E-state index in [1.165, 1.54) is 40.4 Å². The lowest BCUT2D eigenvalue weighted by molar-refractivity contribution is -0.623. The zero-order valence-corrected chi connectivity index (χ0v) is 15.5. The highest BCUT2D eigenvalue weighted by molar-refractivity contribution is 5.71. The van der Waals surface area contributed by atoms with Gasteiger partial charge in [-0.15, -0.1) is 0 Å². The molecule has 1 heterocycles. The van der Waals surface area contributed by atoms with Gasteiger partial charge in [-0.25, -0.2) is 18.8 Å². The Morgan fingerprint density at radius 2 is 1.32 bits per heavy atom. The number of halogens is 2. The van der Waals surface area contributed by atoms with Gasteiger partial charge in [-0.2, -0.15) is 4.73 Å². The summed E-state index contributed by atoms with van der Waals surface area (Å²) in [5.41, 5.74) is -0.303. The Morgan fingerprint density at radius 1 is 0.821 bits per heavy atom. The Hall–Kier alpha value is -3.56. The molecule has 0 amide bonds. The predicted molar refractivity (Wildman–Crippen MR) is 95.9 cm³/mol. The molecule has 0 fully saturated rings. The first-order chi connectivity index (χ1) is 13.3. The van der Waals surface area contributed by atoms with Crippen molar-refractivity contribution in [2.75, 3.05) is 26.6 Å². The molecule has 0 aliphatic rings. The topological polar surface area (TPSA) is 93.6 Å². The molecule has 0 bridgehead atoms. The van der Waals surface area contributed by atoms with E-state index >= 15 is 0 Å². The van der Waals surface area contributed by atoms with Crippen molar-refractivity contribution in [3.8, 4) is 17.2 Å². The molecular formula is C18H17F2N3O5. The second-order valence-corrected chi connectivity index (χ2v) is 5.82. The van der Waals surface area contributed by atoms with Gasteiger partial charge in [0.25, 0.3) is 11.2 Å². The van der Waals surface area contributed by atoms with Crippen molar-refractivity contribution < 1.29 is 32.5 Å². The van der Waals surface area contributed by atoms with E-state index in [0.717, 1.165) is 0 Å². The number of hydrogen-bond donors (Lipinski definition) is 1. The van der Waals surface area contributed by atoms with Gasteiger partial charge in [-0.3, -0.25) is 0 Å². The Morgan fingerprint density at radius 3 is 1.79 bits per heavy atom. The minimum Gasteiger partial charge on any atom is -0.710 e. The Balaban J connectivity index is 2.19. The van der Waals surface area contributed by atoms with Crippen LogP contribution in [0, 0.1) is 29.0 Å². The summed E-state index contributed by atoms with van der Waals surface area (Å²) in [7, 11) is 4.30. The number of nitrogens with one attached hydrogen (secondary N) is 1. The van der Waals surface area contributed by atoms with Crippen molar-refractivity contribution in [1.82, 2.24) is 0 Å². The third-order valence-electron chi connectivity index (χ3n) is 4.23. The number of hydrogen-bond acceptors (Lipinski definition) is 6. The van der Waals surface area contributed by atoms with Gasteiger partial charge in [-0.05, 0) is 0 Å². The zero-order chi connectivity index (χ0) is 20.6. The molecule has 28 heavy (non-hydrogen) atoms. The van der Waals surface area contributed by atoms with Gasteiger partial charge >= 0.3 is 5.82 Å². The standard InChI is InChI=1S/C18H17F2N3O5/c1-9-18(21-10-5-15(26-2)17(28-4)16(6-10)27-3)23(25)14-8-12(20)11(19)7-13(14)22(9)24/h5-8,21H,1-4H3. The lowest BCUT2D eigenvalue weighted by Crippen LogP contribution is -2.43. The fraction of sp³-hybridized carbons (Fsp3) is 0.222. The lowest BCUT2D eigenvalue weighted by atomic mass is 10.2. The van der Waals surface area contributed by atoms with Crippen LogP contribution in [0.3, 0.4) is 0 Å². The van der Waals surface area contributed by atoms with Gasteiger partial charge in [0, 0.05) is 25.1 Å². The first-order valence-electron chi connectivity index (χ1n) is 8.03. The average Bonchev–Trinajstić information content (AvgIpc) is 2.70. The van der Waals surface area contributed by atoms with Crippen LogP contribution in [0.25, 0.3) is 11.0 Å². The van der Waals surface area contributed by atoms with E-state index in [1.54, 1.807) is 0 Å². The van der Waals surface area contributed by atoms with E-state index in [-0.39, 0.29) is 22.5 Å². The summed E-state index contributed by atoms with van der Waals surface area (Å²) in [4.78, 5) is 0. The van der Waals surface area contributed by atoms with E-state index in [4.69, 9.17) is 14.2 Å². The lowest BCUT2D eigenvalue weighted by Gasteiger charge is -2.16. The predicted octanol–water partition coefficient (Wildman–Crippen LogP) is 2.46. The minimum atomic E-state index is -1.24. The van der Waals surface area contributed by atoms with Crippen LogP contribution in [-0.2, 0) is 0 Å². The van der Waals surface area contributed by atoms with Crippen LogP contribution in [0.5, 0.6) is 17.2 Å². The molecule has 10 heteroatoms. The Kier molecular flexibility index (Phi) is 4.95. The maximum atomic E-state index is 13.6. The first kappa shape index (κ1) is 19.2. The molecule has 0 unspecified atom stereocenters. The van der Waals surface area contributed by atoms with Gasteiger partial charge in [0.1, 0.15) is 5.69 Å². The van der Waals surface area contributed by atoms with E-state index in [9.17, 15) is 19.2 Å². The summed E-state index contributed by atoms with van der Waals surface area (Å²) in [6, 6.07) is 4.42. The molecule has 0 aliphatic heterocycles. The Labute approximate surface area is 158 Å². The summed E-state index contributed by atoms with van der Waals surface area (Å²) in [6.07, 6.45) is 0. The molecule has 8 nitrogen and oxygen atoms in total. The second kappa shape index (κ2) is 7.22. The summed E-state index contributed by atoms with van der Waals surface area (Å²) >= 11 is 0. The number of rotatable bonds is 5. The molecular weight excluding hydrogens is 376 g/mol. The maximum Gasteiger partial charge on any atom is 0.352 e. The van der Waals surface area contributed by atoms with E-state index < -0.39 is 11.6 Å². The maximum absolute atomic E-state index is 13.6. The van der Waals surface area contributed by atoms with Crippen molar-refractivity contribution in [3.63, 3.8) is 0 Å². The van der Waals surface area contributed by atoms with Gasteiger partial charge in [0.2, 0.25) is 11.3 Å². The van der Waals surface area contributed by atoms with E-state index in [1.807, 2.05) is 0 Å². The Bertz CT molecular complexity index is 1050. The number of anilines is 2. The van der Waals surface area contributed by atoms with E-state index in [2.05, 4.69) is 5.32 Å². The molecule has 0 saturated heterocycles. The molecule has 0 atom stereocenters. The van der Waals surface area contributed by atoms with Crippen molar-refractivity contribution in [2.45, 2.75) is 6.92 Å². The molecule has 1 aromatic heterocycles. The van der Waals surface area contributed by atoms with Gasteiger partial charge < -0.3 is 24.6 Å². The summed E-state index contributed by atoms with van der Waals surface area (Å²) in [5, 5.41) is 28.0. The third kappa shape index (κ3) is 3.02. The quantitative estimate of drug-likeness (QED) is 0.529. The van der Waals surface area contributed by atoms with Crippen LogP contribution in [0.1, 0.15) is 5.69 Å². The van der Waals surface area contributed by atoms with Crippen LogP contribution < -0.4 is 29.0 Å². The highest BCUT2D eigenvalue weighted by Gasteiger charge is 2.26. The normalized spacial score (nSPS) is 10.8. The van der Waals surface area contributed by atoms with Crippen LogP contribution in [0.2, 0.25) is 0 Å². The van der Waals surface area contributed by atoms with Crippen molar-refractivity contribution in [3.05, 3.63) is 52.0 Å². The number of fused-ring (bicyclic) bond motifs is 1. The molecule has 0 radical (unpaired) electrons. The minimum absolute atomic E-state index is 0.0396. The number of methoxy groups -OCH3 is 3. The van der Waals surface area contributed by atoms with Crippen molar-refractivity contribution in [1.29, 1.82) is 0 Å². The van der Waals surface area contributed by atoms with E-state index in [0.29, 0.717) is 44.5 Å². The van der Waals surface area contributed by atoms with Gasteiger partial charge in [-0.1, -0.05) is 0 Å². The molecule has 1 N–H and O–H groups in total. The number of aromatic nitrogens is 2. The SMILES string of the molecule is COc1cc(Nc2c(C)[n+]([O-])c3cc(F)c(F)cc3[n+]2[O-])cc(OC)c1OC. The monoisotopic (exact) mass is 393 g/mol. The van der Waals surface area contributed by atoms with Crippen molar-refractivity contribution in [2.24, 2.45) is 0 Å². The fourth-order valence-electron chi connectivity index (χ4n) is 2.83. The van der Waals surface area contributed by atoms with Crippen LogP contribution >= 0.6 is 0 Å². The largest absolute Gasteiger partial charge is 0.710 e. The molecule has 0 aliphatic carbocycles. The molecule has 0 saturated carbocycles. The summed E-state index contributed by atoms with van der Waals surface area (Å²) < 4.78 is 43.5. The smallest absolute Gasteiger partial charge is 0.352 e. The van der Waals surface area contributed by atoms with Crippen LogP contribution in [0.15, 0.2) is 24.3 Å². The fourth-order valence-corrected chi connectivity index (χ4v) is 2.83. The second-order valence-electron chi connectivity index (χ2n) is 5.82. The molecule has 0 spiro atoms. The highest BCUT2D eigenvalue weighted by Crippen LogP contribution is 2.40. The highest BCUT2D eigenvalue weighted by atomic mass is 19.2. The summed E-state index contributed by atoms with van der Waals surface area (Å²) in [6.45, 7) is 1.38. The van der Waals surface area contributed by atoms with Crippen molar-refractivity contribution >= 4 is 22.5 Å². The number of nitrogens with zero attached hydrogens (tertiary/aromatic N) is 2. The van der Waals surface area contributed by atoms with Gasteiger partial charge in [0.05, 0.1) is 27.4 Å². The van der Waals surface area contributed by atoms with Gasteiger partial charge in [0.15, 0.2) is 23.1 Å². The molecule has 3 rings (SSSR count). The molecule has 2 aromatic carbocycles. The molecule has 3 aromatic rings. The third-order valence-corrected chi connectivity index (χ3v) is 4.23. The average molecular weight is 393 g/mol.